The van der Waals surface area contributed by atoms with Crippen molar-refractivity contribution >= 4 is 28.1 Å². The summed E-state index contributed by atoms with van der Waals surface area (Å²) in [6.45, 7) is 0.619. The summed E-state index contributed by atoms with van der Waals surface area (Å²) in [5.41, 5.74) is 3.40. The predicted molar refractivity (Wildman–Crippen MR) is 91.3 cm³/mol. The van der Waals surface area contributed by atoms with Crippen LogP contribution in [0.1, 0.15) is 5.56 Å². The van der Waals surface area contributed by atoms with E-state index in [-0.39, 0.29) is 11.2 Å². The van der Waals surface area contributed by atoms with Crippen LogP contribution in [0.2, 0.25) is 0 Å². The third-order valence-electron chi connectivity index (χ3n) is 3.86. The number of benzene rings is 2. The van der Waals surface area contributed by atoms with Crippen LogP contribution in [0.4, 0.5) is 17.1 Å². The number of non-ortho nitro benzene ring substituents is 1. The van der Waals surface area contributed by atoms with Gasteiger partial charge in [-0.1, -0.05) is 18.2 Å². The second kappa shape index (κ2) is 6.15. The van der Waals surface area contributed by atoms with Gasteiger partial charge >= 0.3 is 5.69 Å². The van der Waals surface area contributed by atoms with Crippen molar-refractivity contribution in [3.8, 4) is 0 Å². The van der Waals surface area contributed by atoms with Crippen LogP contribution < -0.4 is 9.80 Å². The first-order valence-electron chi connectivity index (χ1n) is 7.35. The van der Waals surface area contributed by atoms with Crippen LogP contribution in [-0.2, 0) is 6.54 Å². The van der Waals surface area contributed by atoms with Gasteiger partial charge in [0.05, 0.1) is 10.6 Å². The molecule has 0 saturated heterocycles. The van der Waals surface area contributed by atoms with Gasteiger partial charge in [-0.25, -0.2) is 4.63 Å². The molecule has 0 saturated carbocycles. The van der Waals surface area contributed by atoms with E-state index in [2.05, 4.69) is 16.4 Å². The SMILES string of the molecule is CN(C)c1ccccc1CN(C)c1ccc([N+](=O)[O-])c2nonc12. The summed E-state index contributed by atoms with van der Waals surface area (Å²) < 4.78 is 4.72. The zero-order valence-electron chi connectivity index (χ0n) is 13.6. The monoisotopic (exact) mass is 327 g/mol. The molecule has 0 radical (unpaired) electrons. The molecule has 8 nitrogen and oxygen atoms in total. The quantitative estimate of drug-likeness (QED) is 0.526. The summed E-state index contributed by atoms with van der Waals surface area (Å²) in [5.74, 6) is 0. The number of hydrogen-bond acceptors (Lipinski definition) is 7. The summed E-state index contributed by atoms with van der Waals surface area (Å²) in [5, 5.41) is 18.6. The lowest BCUT2D eigenvalue weighted by atomic mass is 10.1. The smallest absolute Gasteiger partial charge is 0.300 e. The molecule has 0 unspecified atom stereocenters. The molecule has 3 aromatic rings. The van der Waals surface area contributed by atoms with E-state index in [0.717, 1.165) is 16.9 Å². The molecule has 0 amide bonds. The molecule has 0 aliphatic carbocycles. The molecular weight excluding hydrogens is 310 g/mol. The zero-order chi connectivity index (χ0) is 17.3. The summed E-state index contributed by atoms with van der Waals surface area (Å²) in [4.78, 5) is 14.6. The lowest BCUT2D eigenvalue weighted by molar-refractivity contribution is -0.383. The predicted octanol–water partition coefficient (Wildman–Crippen LogP) is 2.83. The highest BCUT2D eigenvalue weighted by Gasteiger charge is 2.21. The van der Waals surface area contributed by atoms with Gasteiger partial charge < -0.3 is 9.80 Å². The molecule has 0 N–H and O–H groups in total. The van der Waals surface area contributed by atoms with Crippen molar-refractivity contribution in [1.82, 2.24) is 10.3 Å². The van der Waals surface area contributed by atoms with E-state index in [9.17, 15) is 10.1 Å². The molecular formula is C16H17N5O3. The third-order valence-corrected chi connectivity index (χ3v) is 3.86. The van der Waals surface area contributed by atoms with E-state index in [0.29, 0.717) is 12.1 Å². The van der Waals surface area contributed by atoms with Gasteiger partial charge in [-0.3, -0.25) is 10.1 Å². The van der Waals surface area contributed by atoms with E-state index in [1.165, 1.54) is 6.07 Å². The van der Waals surface area contributed by atoms with Gasteiger partial charge in [-0.2, -0.15) is 0 Å². The number of aromatic nitrogens is 2. The van der Waals surface area contributed by atoms with Crippen molar-refractivity contribution in [2.75, 3.05) is 30.9 Å². The molecule has 0 aliphatic heterocycles. The van der Waals surface area contributed by atoms with E-state index in [4.69, 9.17) is 4.63 Å². The number of hydrogen-bond donors (Lipinski definition) is 0. The van der Waals surface area contributed by atoms with Crippen LogP contribution in [0, 0.1) is 10.1 Å². The molecule has 3 rings (SSSR count). The van der Waals surface area contributed by atoms with Gasteiger partial charge in [0.2, 0.25) is 5.52 Å². The van der Waals surface area contributed by atoms with Gasteiger partial charge in [-0.05, 0) is 28.0 Å². The van der Waals surface area contributed by atoms with E-state index in [1.54, 1.807) is 6.07 Å². The van der Waals surface area contributed by atoms with Gasteiger partial charge in [0, 0.05) is 39.4 Å². The Kier molecular flexibility index (Phi) is 4.03. The molecule has 2 aromatic carbocycles. The lowest BCUT2D eigenvalue weighted by Gasteiger charge is -2.23. The number of rotatable bonds is 5. The van der Waals surface area contributed by atoms with Crippen molar-refractivity contribution < 1.29 is 9.55 Å². The molecule has 24 heavy (non-hydrogen) atoms. The van der Waals surface area contributed by atoms with Crippen LogP contribution in [-0.4, -0.2) is 36.4 Å². The first-order chi connectivity index (χ1) is 11.5. The van der Waals surface area contributed by atoms with Crippen LogP contribution in [0.3, 0.4) is 0 Å². The Labute approximate surface area is 138 Å². The van der Waals surface area contributed by atoms with Gasteiger partial charge in [0.15, 0.2) is 5.52 Å². The van der Waals surface area contributed by atoms with Gasteiger partial charge in [0.25, 0.3) is 0 Å². The third kappa shape index (κ3) is 2.73. The first kappa shape index (κ1) is 15.7. The van der Waals surface area contributed by atoms with Crippen molar-refractivity contribution in [3.05, 3.63) is 52.1 Å². The van der Waals surface area contributed by atoms with Crippen molar-refractivity contribution in [2.24, 2.45) is 0 Å². The Morgan fingerprint density at radius 3 is 2.46 bits per heavy atom. The first-order valence-corrected chi connectivity index (χ1v) is 7.35. The second-order valence-electron chi connectivity index (χ2n) is 5.70. The Morgan fingerprint density at radius 1 is 1.04 bits per heavy atom. The second-order valence-corrected chi connectivity index (χ2v) is 5.70. The minimum absolute atomic E-state index is 0.114. The molecule has 1 aromatic heterocycles. The molecule has 8 heteroatoms. The summed E-state index contributed by atoms with van der Waals surface area (Å²) in [7, 11) is 5.89. The number of fused-ring (bicyclic) bond motifs is 1. The Balaban J connectivity index is 1.99. The topological polar surface area (TPSA) is 88.5 Å². The molecule has 0 aliphatic rings. The normalized spacial score (nSPS) is 10.8. The van der Waals surface area contributed by atoms with Gasteiger partial charge in [-0.15, -0.1) is 0 Å². The number of para-hydroxylation sites is 1. The highest BCUT2D eigenvalue weighted by molar-refractivity contribution is 5.93. The number of nitro benzene ring substituents is 1. The summed E-state index contributed by atoms with van der Waals surface area (Å²) in [6, 6.07) is 11.2. The molecule has 1 heterocycles. The molecule has 0 atom stereocenters. The summed E-state index contributed by atoms with van der Waals surface area (Å²) >= 11 is 0. The fourth-order valence-corrected chi connectivity index (χ4v) is 2.72. The van der Waals surface area contributed by atoms with Gasteiger partial charge in [0.1, 0.15) is 0 Å². The minimum atomic E-state index is -0.488. The van der Waals surface area contributed by atoms with Crippen LogP contribution in [0.25, 0.3) is 11.0 Å². The Bertz CT molecular complexity index is 890. The lowest BCUT2D eigenvalue weighted by Crippen LogP contribution is -2.20. The highest BCUT2D eigenvalue weighted by atomic mass is 16.6. The maximum atomic E-state index is 11.1. The molecule has 0 fully saturated rings. The van der Waals surface area contributed by atoms with E-state index >= 15 is 0 Å². The van der Waals surface area contributed by atoms with Crippen LogP contribution in [0.15, 0.2) is 41.0 Å². The van der Waals surface area contributed by atoms with Crippen LogP contribution >= 0.6 is 0 Å². The highest BCUT2D eigenvalue weighted by Crippen LogP contribution is 2.32. The zero-order valence-corrected chi connectivity index (χ0v) is 13.6. The average Bonchev–Trinajstić information content (AvgIpc) is 3.03. The number of nitrogens with zero attached hydrogens (tertiary/aromatic N) is 5. The number of anilines is 2. The van der Waals surface area contributed by atoms with Crippen molar-refractivity contribution in [3.63, 3.8) is 0 Å². The summed E-state index contributed by atoms with van der Waals surface area (Å²) in [6.07, 6.45) is 0. The molecule has 0 bridgehead atoms. The fraction of sp³-hybridized carbons (Fsp3) is 0.250. The van der Waals surface area contributed by atoms with Crippen molar-refractivity contribution in [1.29, 1.82) is 0 Å². The number of nitro groups is 1. The molecule has 124 valence electrons. The van der Waals surface area contributed by atoms with Crippen LogP contribution in [0.5, 0.6) is 0 Å². The minimum Gasteiger partial charge on any atom is -0.377 e. The largest absolute Gasteiger partial charge is 0.377 e. The molecule has 0 spiro atoms. The fourth-order valence-electron chi connectivity index (χ4n) is 2.72. The Hall–Kier alpha value is -3.16. The maximum Gasteiger partial charge on any atom is 0.300 e. The van der Waals surface area contributed by atoms with E-state index in [1.807, 2.05) is 49.1 Å². The Morgan fingerprint density at radius 2 is 1.75 bits per heavy atom. The average molecular weight is 327 g/mol. The maximum absolute atomic E-state index is 11.1. The standard InChI is InChI=1S/C16H17N5O3/c1-19(2)12-7-5-4-6-11(12)10-20(3)13-8-9-14(21(22)23)16-15(13)17-24-18-16/h4-9H,10H2,1-3H3. The van der Waals surface area contributed by atoms with E-state index < -0.39 is 4.92 Å². The van der Waals surface area contributed by atoms with Crippen molar-refractivity contribution in [2.45, 2.75) is 6.54 Å².